The van der Waals surface area contributed by atoms with Gasteiger partial charge in [0.2, 0.25) is 18.4 Å². The number of oxazole rings is 2. The number of likely N-dealkylation sites (tertiary alicyclic amines) is 1. The fourth-order valence-corrected chi connectivity index (χ4v) is 4.63. The Hall–Kier alpha value is -3.52. The molecule has 170 valence electrons. The van der Waals surface area contributed by atoms with Gasteiger partial charge in [-0.1, -0.05) is 12.1 Å². The number of rotatable bonds is 5. The van der Waals surface area contributed by atoms with E-state index in [0.717, 1.165) is 59.9 Å². The number of benzene rings is 2. The standard InChI is InChI=1S/C25H25N3O5/c1-15-19(27-25(32-15)17-10-21(29-2)23-22(11-17)30-14-31-23)13-28-9-5-6-16(12-28)24-26-18-7-3-4-8-20(18)33-24/h3-4,7-8,10-11,16H,5-6,9,12-14H2,1-2H3/t16-/m0/s1. The second-order valence-corrected chi connectivity index (χ2v) is 8.53. The van der Waals surface area contributed by atoms with Gasteiger partial charge in [-0.25, -0.2) is 9.97 Å². The van der Waals surface area contributed by atoms with Crippen molar-refractivity contribution < 1.29 is 23.0 Å². The number of aryl methyl sites for hydroxylation is 1. The number of piperidine rings is 1. The molecule has 2 aliphatic heterocycles. The van der Waals surface area contributed by atoms with Crippen LogP contribution in [0, 0.1) is 6.92 Å². The molecule has 1 fully saturated rings. The summed E-state index contributed by atoms with van der Waals surface area (Å²) in [7, 11) is 1.61. The lowest BCUT2D eigenvalue weighted by atomic mass is 9.98. The maximum absolute atomic E-state index is 6.04. The highest BCUT2D eigenvalue weighted by Gasteiger charge is 2.27. The van der Waals surface area contributed by atoms with E-state index >= 15 is 0 Å². The van der Waals surface area contributed by atoms with Gasteiger partial charge < -0.3 is 23.0 Å². The zero-order valence-electron chi connectivity index (χ0n) is 18.7. The molecule has 0 N–H and O–H groups in total. The quantitative estimate of drug-likeness (QED) is 0.427. The van der Waals surface area contributed by atoms with Gasteiger partial charge >= 0.3 is 0 Å². The summed E-state index contributed by atoms with van der Waals surface area (Å²) >= 11 is 0. The van der Waals surface area contributed by atoms with Gasteiger partial charge in [0, 0.05) is 24.6 Å². The first-order valence-electron chi connectivity index (χ1n) is 11.2. The van der Waals surface area contributed by atoms with Crippen LogP contribution in [0.15, 0.2) is 45.2 Å². The zero-order valence-corrected chi connectivity index (χ0v) is 18.7. The second kappa shape index (κ2) is 8.12. The summed E-state index contributed by atoms with van der Waals surface area (Å²) in [6.45, 7) is 4.75. The molecule has 2 aliphatic rings. The Morgan fingerprint density at radius 3 is 2.91 bits per heavy atom. The van der Waals surface area contributed by atoms with Crippen LogP contribution < -0.4 is 14.2 Å². The molecule has 0 bridgehead atoms. The van der Waals surface area contributed by atoms with Crippen LogP contribution >= 0.6 is 0 Å². The number of fused-ring (bicyclic) bond motifs is 2. The highest BCUT2D eigenvalue weighted by atomic mass is 16.7. The van der Waals surface area contributed by atoms with Gasteiger partial charge in [0.1, 0.15) is 11.3 Å². The molecule has 0 unspecified atom stereocenters. The number of aromatic nitrogens is 2. The SMILES string of the molecule is COc1cc(-c2nc(CN3CCC[C@H](c4nc5ccccc5o4)C3)c(C)o2)cc2c1OCO2. The van der Waals surface area contributed by atoms with Crippen molar-refractivity contribution in [1.82, 2.24) is 14.9 Å². The van der Waals surface area contributed by atoms with Crippen LogP contribution in [0.5, 0.6) is 17.2 Å². The van der Waals surface area contributed by atoms with Crippen LogP contribution in [0.1, 0.15) is 36.1 Å². The molecule has 0 spiro atoms. The summed E-state index contributed by atoms with van der Waals surface area (Å²) < 4.78 is 28.6. The van der Waals surface area contributed by atoms with Crippen molar-refractivity contribution in [2.75, 3.05) is 27.0 Å². The smallest absolute Gasteiger partial charge is 0.231 e. The highest BCUT2D eigenvalue weighted by Crippen LogP contribution is 2.44. The Balaban J connectivity index is 1.21. The van der Waals surface area contributed by atoms with E-state index in [1.54, 1.807) is 7.11 Å². The van der Waals surface area contributed by atoms with Crippen LogP contribution in [0.3, 0.4) is 0 Å². The van der Waals surface area contributed by atoms with E-state index in [4.69, 9.17) is 33.0 Å². The Morgan fingerprint density at radius 2 is 2.03 bits per heavy atom. The minimum absolute atomic E-state index is 0.182. The van der Waals surface area contributed by atoms with Crippen LogP contribution in [0.4, 0.5) is 0 Å². The van der Waals surface area contributed by atoms with Crippen LogP contribution in [0.25, 0.3) is 22.6 Å². The Kier molecular flexibility index (Phi) is 4.95. The third kappa shape index (κ3) is 3.70. The average Bonchev–Trinajstić information content (AvgIpc) is 3.57. The average molecular weight is 447 g/mol. The summed E-state index contributed by atoms with van der Waals surface area (Å²) in [5, 5.41) is 0. The van der Waals surface area contributed by atoms with Crippen molar-refractivity contribution in [3.05, 3.63) is 53.7 Å². The Labute approximate surface area is 191 Å². The minimum atomic E-state index is 0.182. The minimum Gasteiger partial charge on any atom is -0.493 e. The van der Waals surface area contributed by atoms with Crippen LogP contribution in [0.2, 0.25) is 0 Å². The largest absolute Gasteiger partial charge is 0.493 e. The maximum atomic E-state index is 6.04. The normalized spacial score (nSPS) is 18.2. The first kappa shape index (κ1) is 20.1. The molecule has 2 aromatic heterocycles. The molecule has 4 heterocycles. The molecule has 8 nitrogen and oxygen atoms in total. The highest BCUT2D eigenvalue weighted by molar-refractivity contribution is 5.72. The number of hydrogen-bond acceptors (Lipinski definition) is 8. The summed E-state index contributed by atoms with van der Waals surface area (Å²) in [5.74, 6) is 4.32. The predicted octanol–water partition coefficient (Wildman–Crippen LogP) is 4.91. The number of methoxy groups -OCH3 is 1. The molecule has 8 heteroatoms. The lowest BCUT2D eigenvalue weighted by Gasteiger charge is -2.30. The van der Waals surface area contributed by atoms with E-state index in [2.05, 4.69) is 4.90 Å². The van der Waals surface area contributed by atoms with Gasteiger partial charge in [-0.05, 0) is 50.6 Å². The van der Waals surface area contributed by atoms with Crippen molar-refractivity contribution >= 4 is 11.1 Å². The molecule has 0 radical (unpaired) electrons. The molecule has 33 heavy (non-hydrogen) atoms. The third-order valence-corrected chi connectivity index (χ3v) is 6.34. The number of ether oxygens (including phenoxy) is 3. The van der Waals surface area contributed by atoms with E-state index in [1.165, 1.54) is 0 Å². The fourth-order valence-electron chi connectivity index (χ4n) is 4.63. The lowest BCUT2D eigenvalue weighted by molar-refractivity contribution is 0.171. The molecule has 0 aliphatic carbocycles. The predicted molar refractivity (Wildman–Crippen MR) is 121 cm³/mol. The van der Waals surface area contributed by atoms with Gasteiger partial charge in [0.05, 0.1) is 12.8 Å². The molecular weight excluding hydrogens is 422 g/mol. The Bertz CT molecular complexity index is 1280. The topological polar surface area (TPSA) is 83.0 Å². The molecule has 1 atom stereocenters. The molecule has 1 saturated heterocycles. The van der Waals surface area contributed by atoms with Gasteiger partial charge in [0.15, 0.2) is 23.0 Å². The molecule has 6 rings (SSSR count). The monoisotopic (exact) mass is 447 g/mol. The number of hydrogen-bond donors (Lipinski definition) is 0. The van der Waals surface area contributed by atoms with Crippen molar-refractivity contribution in [3.63, 3.8) is 0 Å². The summed E-state index contributed by atoms with van der Waals surface area (Å²) in [6.07, 6.45) is 2.16. The van der Waals surface area contributed by atoms with Gasteiger partial charge in [0.25, 0.3) is 0 Å². The zero-order chi connectivity index (χ0) is 22.4. The molecule has 0 amide bonds. The maximum Gasteiger partial charge on any atom is 0.231 e. The van der Waals surface area contributed by atoms with E-state index < -0.39 is 0 Å². The van der Waals surface area contributed by atoms with Gasteiger partial charge in [-0.15, -0.1) is 0 Å². The van der Waals surface area contributed by atoms with Gasteiger partial charge in [-0.2, -0.15) is 0 Å². The number of nitrogens with zero attached hydrogens (tertiary/aromatic N) is 3. The first-order valence-corrected chi connectivity index (χ1v) is 11.2. The third-order valence-electron chi connectivity index (χ3n) is 6.34. The summed E-state index contributed by atoms with van der Waals surface area (Å²) in [5.41, 5.74) is 3.50. The van der Waals surface area contributed by atoms with Crippen LogP contribution in [-0.2, 0) is 6.54 Å². The van der Waals surface area contributed by atoms with Gasteiger partial charge in [-0.3, -0.25) is 4.90 Å². The van der Waals surface area contributed by atoms with Crippen molar-refractivity contribution in [2.45, 2.75) is 32.2 Å². The molecular formula is C25H25N3O5. The summed E-state index contributed by atoms with van der Waals surface area (Å²) in [4.78, 5) is 11.9. The van der Waals surface area contributed by atoms with E-state index in [9.17, 15) is 0 Å². The van der Waals surface area contributed by atoms with Crippen molar-refractivity contribution in [1.29, 1.82) is 0 Å². The first-order chi connectivity index (χ1) is 16.2. The molecule has 0 saturated carbocycles. The second-order valence-electron chi connectivity index (χ2n) is 8.53. The van der Waals surface area contributed by atoms with Crippen LogP contribution in [-0.4, -0.2) is 41.9 Å². The lowest BCUT2D eigenvalue weighted by Crippen LogP contribution is -2.34. The Morgan fingerprint density at radius 1 is 1.12 bits per heavy atom. The van der Waals surface area contributed by atoms with Crippen molar-refractivity contribution in [2.24, 2.45) is 0 Å². The molecule has 4 aromatic rings. The number of para-hydroxylation sites is 2. The van der Waals surface area contributed by atoms with Crippen molar-refractivity contribution in [3.8, 4) is 28.7 Å². The fraction of sp³-hybridized carbons (Fsp3) is 0.360. The van der Waals surface area contributed by atoms with E-state index in [-0.39, 0.29) is 12.7 Å². The van der Waals surface area contributed by atoms with E-state index in [0.29, 0.717) is 29.7 Å². The van der Waals surface area contributed by atoms with E-state index in [1.807, 2.05) is 43.3 Å². The summed E-state index contributed by atoms with van der Waals surface area (Å²) in [6, 6.07) is 11.7. The molecule has 2 aromatic carbocycles.